The first kappa shape index (κ1) is 12.2. The Bertz CT molecular complexity index is 667. The summed E-state index contributed by atoms with van der Waals surface area (Å²) < 4.78 is 18.9. The normalized spacial score (nSPS) is 12.9. The van der Waals surface area contributed by atoms with Crippen LogP contribution in [0.1, 0.15) is 21.5 Å². The molecule has 0 bridgehead atoms. The molecule has 0 atom stereocenters. The number of hydrogen-bond donors (Lipinski definition) is 0. The molecule has 0 amide bonds. The van der Waals surface area contributed by atoms with Crippen LogP contribution in [0, 0.1) is 5.82 Å². The fourth-order valence-corrected chi connectivity index (χ4v) is 2.30. The van der Waals surface area contributed by atoms with Crippen molar-refractivity contribution in [1.82, 2.24) is 0 Å². The molecule has 0 aliphatic carbocycles. The summed E-state index contributed by atoms with van der Waals surface area (Å²) in [5.74, 6) is -0.238. The maximum atomic E-state index is 13.4. The molecule has 0 aromatic heterocycles. The maximum Gasteiger partial charge on any atom is 0.196 e. The van der Waals surface area contributed by atoms with E-state index < -0.39 is 5.82 Å². The summed E-state index contributed by atoms with van der Waals surface area (Å²) >= 11 is 5.61. The number of hydrogen-bond acceptors (Lipinski definition) is 2. The van der Waals surface area contributed by atoms with E-state index in [1.165, 1.54) is 12.1 Å². The van der Waals surface area contributed by atoms with E-state index in [0.29, 0.717) is 17.9 Å². The summed E-state index contributed by atoms with van der Waals surface area (Å²) in [5.41, 5.74) is 1.75. The SMILES string of the molecule is O=C(c1ccc(Cl)c(F)c1)c1cccc2c1OCC2. The van der Waals surface area contributed by atoms with Gasteiger partial charge in [-0.25, -0.2) is 4.39 Å². The van der Waals surface area contributed by atoms with Gasteiger partial charge in [-0.3, -0.25) is 4.79 Å². The number of ketones is 1. The van der Waals surface area contributed by atoms with E-state index in [9.17, 15) is 9.18 Å². The van der Waals surface area contributed by atoms with Gasteiger partial charge < -0.3 is 4.74 Å². The monoisotopic (exact) mass is 276 g/mol. The number of rotatable bonds is 2. The lowest BCUT2D eigenvalue weighted by atomic mass is 10.00. The van der Waals surface area contributed by atoms with E-state index in [4.69, 9.17) is 16.3 Å². The molecule has 2 nitrogen and oxygen atoms in total. The quantitative estimate of drug-likeness (QED) is 0.783. The molecule has 0 unspecified atom stereocenters. The molecule has 0 N–H and O–H groups in total. The molecule has 2 aromatic rings. The molecule has 1 aliphatic heterocycles. The van der Waals surface area contributed by atoms with Crippen LogP contribution in [-0.4, -0.2) is 12.4 Å². The van der Waals surface area contributed by atoms with Gasteiger partial charge in [-0.1, -0.05) is 23.7 Å². The van der Waals surface area contributed by atoms with Crippen LogP contribution in [0.3, 0.4) is 0 Å². The van der Waals surface area contributed by atoms with Gasteiger partial charge in [0, 0.05) is 12.0 Å². The van der Waals surface area contributed by atoms with Gasteiger partial charge >= 0.3 is 0 Å². The molecule has 0 saturated heterocycles. The van der Waals surface area contributed by atoms with Crippen LogP contribution in [0.5, 0.6) is 5.75 Å². The zero-order valence-electron chi connectivity index (χ0n) is 9.95. The van der Waals surface area contributed by atoms with Crippen molar-refractivity contribution in [2.75, 3.05) is 6.61 Å². The molecular weight excluding hydrogens is 267 g/mol. The van der Waals surface area contributed by atoms with Crippen LogP contribution >= 0.6 is 11.6 Å². The minimum absolute atomic E-state index is 0.00564. The molecule has 1 aliphatic rings. The van der Waals surface area contributed by atoms with Gasteiger partial charge in [-0.15, -0.1) is 0 Å². The lowest BCUT2D eigenvalue weighted by Gasteiger charge is -2.07. The largest absolute Gasteiger partial charge is 0.492 e. The van der Waals surface area contributed by atoms with Gasteiger partial charge in [0.2, 0.25) is 0 Å². The maximum absolute atomic E-state index is 13.4. The van der Waals surface area contributed by atoms with E-state index in [2.05, 4.69) is 0 Å². The van der Waals surface area contributed by atoms with Crippen LogP contribution in [0.2, 0.25) is 5.02 Å². The minimum atomic E-state index is -0.596. The zero-order chi connectivity index (χ0) is 13.4. The average molecular weight is 277 g/mol. The lowest BCUT2D eigenvalue weighted by Crippen LogP contribution is -2.04. The highest BCUT2D eigenvalue weighted by Gasteiger charge is 2.21. The number of carbonyl (C=O) groups is 1. The van der Waals surface area contributed by atoms with Gasteiger partial charge in [0.15, 0.2) is 5.78 Å². The minimum Gasteiger partial charge on any atom is -0.492 e. The van der Waals surface area contributed by atoms with Crippen molar-refractivity contribution < 1.29 is 13.9 Å². The third kappa shape index (κ3) is 2.10. The summed E-state index contributed by atoms with van der Waals surface area (Å²) in [4.78, 5) is 12.4. The average Bonchev–Trinajstić information content (AvgIpc) is 2.89. The molecule has 2 aromatic carbocycles. The van der Waals surface area contributed by atoms with Crippen LogP contribution in [-0.2, 0) is 6.42 Å². The number of benzene rings is 2. The second-order valence-corrected chi connectivity index (χ2v) is 4.76. The van der Waals surface area contributed by atoms with E-state index >= 15 is 0 Å². The fraction of sp³-hybridized carbons (Fsp3) is 0.133. The van der Waals surface area contributed by atoms with Crippen molar-refractivity contribution in [1.29, 1.82) is 0 Å². The van der Waals surface area contributed by atoms with Gasteiger partial charge in [0.25, 0.3) is 0 Å². The molecule has 0 radical (unpaired) electrons. The van der Waals surface area contributed by atoms with Gasteiger partial charge in [-0.2, -0.15) is 0 Å². The molecule has 4 heteroatoms. The molecule has 0 fully saturated rings. The Balaban J connectivity index is 2.05. The molecule has 1 heterocycles. The van der Waals surface area contributed by atoms with Crippen molar-refractivity contribution in [3.05, 3.63) is 63.9 Å². The zero-order valence-corrected chi connectivity index (χ0v) is 10.7. The van der Waals surface area contributed by atoms with Crippen LogP contribution in [0.15, 0.2) is 36.4 Å². The van der Waals surface area contributed by atoms with Crippen LogP contribution in [0.4, 0.5) is 4.39 Å². The van der Waals surface area contributed by atoms with Gasteiger partial charge in [0.05, 0.1) is 17.2 Å². The first-order chi connectivity index (χ1) is 9.16. The molecule has 19 heavy (non-hydrogen) atoms. The van der Waals surface area contributed by atoms with Crippen molar-refractivity contribution in [3.8, 4) is 5.75 Å². The molecule has 3 rings (SSSR count). The number of para-hydroxylation sites is 1. The van der Waals surface area contributed by atoms with Crippen molar-refractivity contribution in [2.24, 2.45) is 0 Å². The lowest BCUT2D eigenvalue weighted by molar-refractivity contribution is 0.103. The predicted molar refractivity (Wildman–Crippen MR) is 70.5 cm³/mol. The predicted octanol–water partition coefficient (Wildman–Crippen LogP) is 3.65. The van der Waals surface area contributed by atoms with Crippen LogP contribution < -0.4 is 4.74 Å². The Kier molecular flexibility index (Phi) is 2.99. The van der Waals surface area contributed by atoms with E-state index in [0.717, 1.165) is 18.1 Å². The second-order valence-electron chi connectivity index (χ2n) is 4.35. The van der Waals surface area contributed by atoms with Gasteiger partial charge in [0.1, 0.15) is 11.6 Å². The topological polar surface area (TPSA) is 26.3 Å². The Morgan fingerprint density at radius 1 is 1.26 bits per heavy atom. The van der Waals surface area contributed by atoms with Crippen molar-refractivity contribution in [3.63, 3.8) is 0 Å². The number of halogens is 2. The van der Waals surface area contributed by atoms with Crippen molar-refractivity contribution in [2.45, 2.75) is 6.42 Å². The Hall–Kier alpha value is -1.87. The summed E-state index contributed by atoms with van der Waals surface area (Å²) in [7, 11) is 0. The third-order valence-electron chi connectivity index (χ3n) is 3.14. The summed E-state index contributed by atoms with van der Waals surface area (Å²) in [6.07, 6.45) is 0.797. The van der Waals surface area contributed by atoms with E-state index in [1.807, 2.05) is 12.1 Å². The van der Waals surface area contributed by atoms with Crippen molar-refractivity contribution >= 4 is 17.4 Å². The standard InChI is InChI=1S/C15H10ClFO2/c16-12-5-4-10(8-13(12)17)14(18)11-3-1-2-9-6-7-19-15(9)11/h1-5,8H,6-7H2. The first-order valence-electron chi connectivity index (χ1n) is 5.91. The Labute approximate surface area is 114 Å². The summed E-state index contributed by atoms with van der Waals surface area (Å²) in [6.45, 7) is 0.578. The summed E-state index contributed by atoms with van der Waals surface area (Å²) in [6, 6.07) is 9.49. The highest BCUT2D eigenvalue weighted by Crippen LogP contribution is 2.31. The Morgan fingerprint density at radius 2 is 2.11 bits per heavy atom. The molecular formula is C15H10ClFO2. The number of fused-ring (bicyclic) bond motifs is 1. The highest BCUT2D eigenvalue weighted by molar-refractivity contribution is 6.30. The smallest absolute Gasteiger partial charge is 0.196 e. The first-order valence-corrected chi connectivity index (χ1v) is 6.29. The third-order valence-corrected chi connectivity index (χ3v) is 3.45. The van der Waals surface area contributed by atoms with E-state index in [-0.39, 0.29) is 16.4 Å². The fourth-order valence-electron chi connectivity index (χ4n) is 2.19. The molecule has 96 valence electrons. The van der Waals surface area contributed by atoms with Gasteiger partial charge in [-0.05, 0) is 29.8 Å². The number of carbonyl (C=O) groups excluding carboxylic acids is 1. The molecule has 0 spiro atoms. The number of ether oxygens (including phenoxy) is 1. The highest BCUT2D eigenvalue weighted by atomic mass is 35.5. The molecule has 0 saturated carbocycles. The van der Waals surface area contributed by atoms with E-state index in [1.54, 1.807) is 6.07 Å². The Morgan fingerprint density at radius 3 is 2.89 bits per heavy atom. The summed E-state index contributed by atoms with van der Waals surface area (Å²) in [5, 5.41) is 0.00564. The second kappa shape index (κ2) is 4.67. The van der Waals surface area contributed by atoms with Crippen LogP contribution in [0.25, 0.3) is 0 Å².